The molecule has 0 spiro atoms. The number of pyridine rings is 1. The summed E-state index contributed by atoms with van der Waals surface area (Å²) in [6, 6.07) is 8.96. The van der Waals surface area contributed by atoms with E-state index in [2.05, 4.69) is 20.2 Å². The van der Waals surface area contributed by atoms with E-state index < -0.39 is 6.23 Å². The van der Waals surface area contributed by atoms with Gasteiger partial charge in [-0.2, -0.15) is 4.98 Å². The maximum atomic E-state index is 13.0. The molecule has 9 heteroatoms. The number of thioether (sulfide) groups is 1. The van der Waals surface area contributed by atoms with Crippen LogP contribution in [0.15, 0.2) is 47.9 Å². The highest BCUT2D eigenvalue weighted by molar-refractivity contribution is 7.99. The van der Waals surface area contributed by atoms with Crippen molar-refractivity contribution in [1.29, 1.82) is 0 Å². The van der Waals surface area contributed by atoms with E-state index in [1.807, 2.05) is 19.9 Å². The number of ether oxygens (including phenoxy) is 1. The predicted octanol–water partition coefficient (Wildman–Crippen LogP) is 4.53. The molecule has 148 valence electrons. The molecule has 1 aromatic carbocycles. The highest BCUT2D eigenvalue weighted by Gasteiger charge is 2.35. The second-order valence-corrected chi connectivity index (χ2v) is 7.88. The maximum absolute atomic E-state index is 13.0. The van der Waals surface area contributed by atoms with Crippen molar-refractivity contribution in [2.75, 3.05) is 10.7 Å². The predicted molar refractivity (Wildman–Crippen MR) is 112 cm³/mol. The van der Waals surface area contributed by atoms with Gasteiger partial charge in [0.15, 0.2) is 5.69 Å². The van der Waals surface area contributed by atoms with Crippen LogP contribution in [0.2, 0.25) is 5.02 Å². The van der Waals surface area contributed by atoms with Crippen molar-refractivity contribution < 1.29 is 9.53 Å². The Morgan fingerprint density at radius 2 is 2.14 bits per heavy atom. The SMILES string of the molecule is CCSc1nnc2c(n1)O[C@@H](c1cccnc1)N(C(=O)CC)c1ccc(Cl)cc1-2. The van der Waals surface area contributed by atoms with Crippen LogP contribution in [0.1, 0.15) is 32.1 Å². The molecule has 1 amide bonds. The van der Waals surface area contributed by atoms with Crippen molar-refractivity contribution in [3.63, 3.8) is 0 Å². The van der Waals surface area contributed by atoms with E-state index in [0.29, 0.717) is 39.4 Å². The second kappa shape index (κ2) is 8.34. The van der Waals surface area contributed by atoms with Gasteiger partial charge in [0.1, 0.15) is 0 Å². The number of hydrogen-bond acceptors (Lipinski definition) is 7. The van der Waals surface area contributed by atoms with Crippen molar-refractivity contribution >= 4 is 35.0 Å². The smallest absolute Gasteiger partial charge is 0.247 e. The Kier molecular flexibility index (Phi) is 5.64. The summed E-state index contributed by atoms with van der Waals surface area (Å²) >= 11 is 7.73. The molecular weight excluding hydrogens is 410 g/mol. The van der Waals surface area contributed by atoms with Gasteiger partial charge in [-0.1, -0.05) is 43.3 Å². The Bertz CT molecular complexity index is 1050. The molecule has 0 fully saturated rings. The first-order valence-corrected chi connectivity index (χ1v) is 10.5. The van der Waals surface area contributed by atoms with E-state index >= 15 is 0 Å². The maximum Gasteiger partial charge on any atom is 0.247 e. The molecule has 7 nitrogen and oxygen atoms in total. The van der Waals surface area contributed by atoms with Gasteiger partial charge in [0.25, 0.3) is 0 Å². The van der Waals surface area contributed by atoms with Gasteiger partial charge in [-0.15, -0.1) is 10.2 Å². The first-order chi connectivity index (χ1) is 14.1. The third kappa shape index (κ3) is 3.77. The average molecular weight is 428 g/mol. The van der Waals surface area contributed by atoms with Gasteiger partial charge in [-0.3, -0.25) is 14.7 Å². The highest BCUT2D eigenvalue weighted by Crippen LogP contribution is 2.44. The topological polar surface area (TPSA) is 81.1 Å². The van der Waals surface area contributed by atoms with Crippen LogP contribution in [-0.2, 0) is 4.79 Å². The van der Waals surface area contributed by atoms with Crippen LogP contribution in [-0.4, -0.2) is 31.8 Å². The molecule has 29 heavy (non-hydrogen) atoms. The number of rotatable bonds is 4. The lowest BCUT2D eigenvalue weighted by molar-refractivity contribution is -0.120. The summed E-state index contributed by atoms with van der Waals surface area (Å²) < 4.78 is 6.28. The molecule has 0 saturated carbocycles. The zero-order valence-electron chi connectivity index (χ0n) is 15.9. The minimum atomic E-state index is -0.742. The van der Waals surface area contributed by atoms with Gasteiger partial charge in [0, 0.05) is 35.0 Å². The Morgan fingerprint density at radius 3 is 2.86 bits per heavy atom. The van der Waals surface area contributed by atoms with Crippen LogP contribution in [0.25, 0.3) is 11.3 Å². The van der Waals surface area contributed by atoms with Crippen molar-refractivity contribution in [1.82, 2.24) is 20.2 Å². The molecule has 1 atom stereocenters. The van der Waals surface area contributed by atoms with Crippen LogP contribution in [0, 0.1) is 0 Å². The van der Waals surface area contributed by atoms with Crippen LogP contribution in [0.3, 0.4) is 0 Å². The number of benzene rings is 1. The molecule has 0 radical (unpaired) electrons. The fourth-order valence-corrected chi connectivity index (χ4v) is 3.78. The number of carbonyl (C=O) groups excluding carboxylic acids is 1. The summed E-state index contributed by atoms with van der Waals surface area (Å²) in [5, 5.41) is 9.59. The third-order valence-electron chi connectivity index (χ3n) is 4.38. The fraction of sp³-hybridized carbons (Fsp3) is 0.250. The quantitative estimate of drug-likeness (QED) is 0.565. The summed E-state index contributed by atoms with van der Waals surface area (Å²) in [7, 11) is 0. The van der Waals surface area contributed by atoms with Gasteiger partial charge in [0.05, 0.1) is 5.69 Å². The van der Waals surface area contributed by atoms with E-state index in [1.54, 1.807) is 41.6 Å². The lowest BCUT2D eigenvalue weighted by Crippen LogP contribution is -2.37. The molecule has 0 N–H and O–H groups in total. The van der Waals surface area contributed by atoms with Crippen molar-refractivity contribution in [3.8, 4) is 17.1 Å². The van der Waals surface area contributed by atoms with Gasteiger partial charge < -0.3 is 4.74 Å². The highest BCUT2D eigenvalue weighted by atomic mass is 35.5. The van der Waals surface area contributed by atoms with Crippen molar-refractivity contribution in [3.05, 3.63) is 53.3 Å². The minimum absolute atomic E-state index is 0.105. The zero-order chi connectivity index (χ0) is 20.4. The van der Waals surface area contributed by atoms with Crippen LogP contribution in [0.4, 0.5) is 5.69 Å². The second-order valence-electron chi connectivity index (χ2n) is 6.22. The number of aromatic nitrogens is 4. The number of halogens is 1. The lowest BCUT2D eigenvalue weighted by Gasteiger charge is -2.30. The van der Waals surface area contributed by atoms with Gasteiger partial charge in [-0.25, -0.2) is 0 Å². The number of carbonyl (C=O) groups is 1. The van der Waals surface area contributed by atoms with Gasteiger partial charge >= 0.3 is 0 Å². The molecule has 0 saturated heterocycles. The standard InChI is InChI=1S/C20H18ClN5O2S/c1-3-16(27)26-15-8-7-13(21)10-14(15)17-18(23-20(25-24-17)29-4-2)28-19(26)12-6-5-9-22-11-12/h5-11,19H,3-4H2,1-2H3/t19-/m0/s1. The van der Waals surface area contributed by atoms with Crippen LogP contribution in [0.5, 0.6) is 5.88 Å². The number of fused-ring (bicyclic) bond motifs is 3. The number of amides is 1. The van der Waals surface area contributed by atoms with Gasteiger partial charge in [-0.05, 0) is 30.0 Å². The van der Waals surface area contributed by atoms with Crippen LogP contribution >= 0.6 is 23.4 Å². The molecule has 1 aliphatic rings. The first kappa shape index (κ1) is 19.6. The normalized spacial score (nSPS) is 15.1. The molecule has 1 aliphatic heterocycles. The molecule has 3 heterocycles. The Labute approximate surface area is 177 Å². The number of hydrogen-bond donors (Lipinski definition) is 0. The molecule has 0 bridgehead atoms. The van der Waals surface area contributed by atoms with Crippen molar-refractivity contribution in [2.24, 2.45) is 0 Å². The summed E-state index contributed by atoms with van der Waals surface area (Å²) in [5.41, 5.74) is 2.46. The summed E-state index contributed by atoms with van der Waals surface area (Å²) in [6.45, 7) is 3.82. The van der Waals surface area contributed by atoms with E-state index in [9.17, 15) is 4.79 Å². The molecule has 3 aromatic rings. The van der Waals surface area contributed by atoms with E-state index in [4.69, 9.17) is 16.3 Å². The molecule has 4 rings (SSSR count). The molecule has 0 aliphatic carbocycles. The Hall–Kier alpha value is -2.71. The monoisotopic (exact) mass is 427 g/mol. The zero-order valence-corrected chi connectivity index (χ0v) is 17.4. The van der Waals surface area contributed by atoms with E-state index in [0.717, 1.165) is 11.3 Å². The summed E-state index contributed by atoms with van der Waals surface area (Å²) in [4.78, 5) is 23.4. The average Bonchev–Trinajstić information content (AvgIpc) is 2.88. The number of anilines is 1. The van der Waals surface area contributed by atoms with E-state index in [-0.39, 0.29) is 5.91 Å². The largest absolute Gasteiger partial charge is 0.447 e. The van der Waals surface area contributed by atoms with Crippen LogP contribution < -0.4 is 9.64 Å². The van der Waals surface area contributed by atoms with E-state index in [1.165, 1.54) is 11.8 Å². The van der Waals surface area contributed by atoms with Gasteiger partial charge in [0.2, 0.25) is 23.2 Å². The van der Waals surface area contributed by atoms with Crippen molar-refractivity contribution in [2.45, 2.75) is 31.7 Å². The molecule has 2 aromatic heterocycles. The molecule has 0 unspecified atom stereocenters. The summed E-state index contributed by atoms with van der Waals surface area (Å²) in [6.07, 6.45) is 2.91. The minimum Gasteiger partial charge on any atom is -0.447 e. The first-order valence-electron chi connectivity index (χ1n) is 9.18. The fourth-order valence-electron chi connectivity index (χ4n) is 3.11. The number of nitrogens with zero attached hydrogens (tertiary/aromatic N) is 5. The molecular formula is C20H18ClN5O2S. The third-order valence-corrected chi connectivity index (χ3v) is 5.34. The summed E-state index contributed by atoms with van der Waals surface area (Å²) in [5.74, 6) is 1.00. The lowest BCUT2D eigenvalue weighted by atomic mass is 10.1. The Balaban J connectivity index is 1.97. The Morgan fingerprint density at radius 1 is 1.28 bits per heavy atom.